The maximum Gasteiger partial charge on any atom is 0.0714 e. The molecule has 1 aromatic heterocycles. The van der Waals surface area contributed by atoms with E-state index >= 15 is 0 Å². The van der Waals surface area contributed by atoms with E-state index in [2.05, 4.69) is 290 Å². The number of nitrogens with zero attached hydrogens (tertiary/aromatic N) is 1. The molecular formula is C71H47NS. The fourth-order valence-electron chi connectivity index (χ4n) is 11.8. The maximum atomic E-state index is 2.52. The van der Waals surface area contributed by atoms with E-state index in [1.54, 1.807) is 0 Å². The Hall–Kier alpha value is -9.08. The Labute approximate surface area is 430 Å². The lowest BCUT2D eigenvalue weighted by Gasteiger charge is -2.34. The molecule has 0 saturated heterocycles. The Balaban J connectivity index is 0.828. The topological polar surface area (TPSA) is 3.24 Å². The first-order chi connectivity index (χ1) is 36.2. The second-order valence-electron chi connectivity index (χ2n) is 19.1. The van der Waals surface area contributed by atoms with Crippen LogP contribution in [0.3, 0.4) is 0 Å². The van der Waals surface area contributed by atoms with Crippen LogP contribution >= 0.6 is 11.3 Å². The monoisotopic (exact) mass is 945 g/mol. The van der Waals surface area contributed by atoms with Crippen LogP contribution in [-0.2, 0) is 5.41 Å². The zero-order valence-electron chi connectivity index (χ0n) is 40.0. The fraction of sp³-hybridized carbons (Fsp3) is 0.0141. The van der Waals surface area contributed by atoms with E-state index in [0.29, 0.717) is 0 Å². The third-order valence-corrected chi connectivity index (χ3v) is 16.4. The zero-order valence-corrected chi connectivity index (χ0v) is 40.8. The molecule has 0 unspecified atom stereocenters. The molecule has 14 rings (SSSR count). The van der Waals surface area contributed by atoms with Crippen LogP contribution in [0.25, 0.3) is 86.6 Å². The highest BCUT2D eigenvalue weighted by Gasteiger charge is 2.47. The Morgan fingerprint density at radius 1 is 0.288 bits per heavy atom. The predicted octanol–water partition coefficient (Wildman–Crippen LogP) is 19.7. The smallest absolute Gasteiger partial charge is 0.0714 e. The van der Waals surface area contributed by atoms with E-state index in [9.17, 15) is 0 Å². The zero-order chi connectivity index (χ0) is 48.3. The predicted molar refractivity (Wildman–Crippen MR) is 311 cm³/mol. The maximum absolute atomic E-state index is 2.52. The highest BCUT2D eigenvalue weighted by atomic mass is 32.1. The van der Waals surface area contributed by atoms with Gasteiger partial charge in [-0.25, -0.2) is 0 Å². The van der Waals surface area contributed by atoms with Crippen molar-refractivity contribution in [3.05, 3.63) is 307 Å². The van der Waals surface area contributed by atoms with Crippen molar-refractivity contribution < 1.29 is 0 Å². The Bertz CT molecular complexity index is 4110. The molecule has 2 heteroatoms. The van der Waals surface area contributed by atoms with Gasteiger partial charge in [0.2, 0.25) is 0 Å². The SMILES string of the molecule is c1ccc(C2(c3ccccc3)c3ccccc3-c3c(N(c4ccc(-c5ccc(-c6ccc(-c7ccc(-c8cccc9ccccc89)cc7)cc6)cc5)cc4)c4cccc5c4sc4ccccc45)cccc32)cc1. The van der Waals surface area contributed by atoms with Crippen LogP contribution in [0.5, 0.6) is 0 Å². The largest absolute Gasteiger partial charge is 0.308 e. The minimum absolute atomic E-state index is 0.511. The number of rotatable bonds is 9. The van der Waals surface area contributed by atoms with Gasteiger partial charge in [-0.05, 0) is 113 Å². The highest BCUT2D eigenvalue weighted by Crippen LogP contribution is 2.60. The lowest BCUT2D eigenvalue weighted by atomic mass is 9.68. The van der Waals surface area contributed by atoms with E-state index in [0.717, 1.165) is 11.4 Å². The number of hydrogen-bond acceptors (Lipinski definition) is 2. The van der Waals surface area contributed by atoms with E-state index < -0.39 is 5.41 Å². The summed E-state index contributed by atoms with van der Waals surface area (Å²) in [6.45, 7) is 0. The van der Waals surface area contributed by atoms with Crippen molar-refractivity contribution >= 4 is 59.3 Å². The lowest BCUT2D eigenvalue weighted by Crippen LogP contribution is -2.28. The second-order valence-corrected chi connectivity index (χ2v) is 20.2. The molecule has 0 radical (unpaired) electrons. The van der Waals surface area contributed by atoms with Crippen LogP contribution in [0, 0.1) is 0 Å². The average molecular weight is 946 g/mol. The van der Waals surface area contributed by atoms with Crippen molar-refractivity contribution in [2.45, 2.75) is 5.41 Å². The number of anilines is 3. The minimum Gasteiger partial charge on any atom is -0.308 e. The fourth-order valence-corrected chi connectivity index (χ4v) is 13.0. The van der Waals surface area contributed by atoms with E-state index in [4.69, 9.17) is 0 Å². The van der Waals surface area contributed by atoms with Crippen molar-refractivity contribution in [2.75, 3.05) is 4.90 Å². The molecule has 1 aliphatic carbocycles. The normalized spacial score (nSPS) is 12.5. The highest BCUT2D eigenvalue weighted by molar-refractivity contribution is 7.26. The molecule has 13 aromatic rings. The van der Waals surface area contributed by atoms with E-state index in [1.807, 2.05) is 11.3 Å². The van der Waals surface area contributed by atoms with Gasteiger partial charge in [-0.15, -0.1) is 11.3 Å². The molecule has 1 aliphatic rings. The van der Waals surface area contributed by atoms with Gasteiger partial charge in [-0.3, -0.25) is 0 Å². The first-order valence-electron chi connectivity index (χ1n) is 25.2. The first-order valence-corrected chi connectivity index (χ1v) is 26.0. The Morgan fingerprint density at radius 3 is 1.37 bits per heavy atom. The summed E-state index contributed by atoms with van der Waals surface area (Å²) < 4.78 is 2.56. The van der Waals surface area contributed by atoms with Crippen LogP contribution in [0.4, 0.5) is 17.1 Å². The van der Waals surface area contributed by atoms with Gasteiger partial charge in [0.05, 0.1) is 21.5 Å². The van der Waals surface area contributed by atoms with Gasteiger partial charge in [0.15, 0.2) is 0 Å². The van der Waals surface area contributed by atoms with Gasteiger partial charge in [0.25, 0.3) is 0 Å². The number of fused-ring (bicyclic) bond motifs is 7. The Morgan fingerprint density at radius 2 is 0.726 bits per heavy atom. The van der Waals surface area contributed by atoms with Crippen molar-refractivity contribution in [2.24, 2.45) is 0 Å². The van der Waals surface area contributed by atoms with Gasteiger partial charge in [0, 0.05) is 26.7 Å². The third kappa shape index (κ3) is 7.06. The Kier molecular flexibility index (Phi) is 10.3. The van der Waals surface area contributed by atoms with Crippen LogP contribution in [0.2, 0.25) is 0 Å². The van der Waals surface area contributed by atoms with Crippen LogP contribution in [0.15, 0.2) is 285 Å². The van der Waals surface area contributed by atoms with Gasteiger partial charge < -0.3 is 4.90 Å². The average Bonchev–Trinajstić information content (AvgIpc) is 4.01. The third-order valence-electron chi connectivity index (χ3n) is 15.2. The summed E-state index contributed by atoms with van der Waals surface area (Å²) in [5.74, 6) is 0. The van der Waals surface area contributed by atoms with Crippen LogP contribution in [0.1, 0.15) is 22.3 Å². The summed E-state index contributed by atoms with van der Waals surface area (Å²) in [4.78, 5) is 2.52. The standard InChI is InChI=1S/C71H47NS/c1-3-18-56(19-4-1)71(57-20-5-2-6-21-57)64-27-11-9-24-63(64)69-65(71)28-15-29-66(69)72(67-30-14-26-62-61-23-10-12-31-68(61)73-70(62)67)58-46-44-53(45-47-58)51-38-36-49(37-39-51)48-32-34-50(35-33-48)52-40-42-55(43-41-52)60-25-13-17-54-16-7-8-22-59(54)60/h1-47H. The van der Waals surface area contributed by atoms with Crippen LogP contribution in [-0.4, -0.2) is 0 Å². The molecule has 0 spiro atoms. The van der Waals surface area contributed by atoms with Crippen molar-refractivity contribution in [3.8, 4) is 55.6 Å². The molecule has 1 heterocycles. The molecule has 0 fully saturated rings. The summed E-state index contributed by atoms with van der Waals surface area (Å²) in [6.07, 6.45) is 0. The second kappa shape index (κ2) is 17.6. The van der Waals surface area contributed by atoms with Gasteiger partial charge in [0.1, 0.15) is 0 Å². The van der Waals surface area contributed by atoms with Crippen LogP contribution < -0.4 is 4.90 Å². The summed E-state index contributed by atoms with van der Waals surface area (Å²) in [5, 5.41) is 5.11. The minimum atomic E-state index is -0.511. The molecule has 73 heavy (non-hydrogen) atoms. The first kappa shape index (κ1) is 42.8. The van der Waals surface area contributed by atoms with Crippen molar-refractivity contribution in [1.29, 1.82) is 0 Å². The number of benzene rings is 12. The molecule has 0 bridgehead atoms. The molecule has 1 nitrogen and oxygen atoms in total. The molecule has 0 saturated carbocycles. The van der Waals surface area contributed by atoms with Crippen molar-refractivity contribution in [3.63, 3.8) is 0 Å². The number of hydrogen-bond donors (Lipinski definition) is 0. The molecular weight excluding hydrogens is 899 g/mol. The summed E-state index contributed by atoms with van der Waals surface area (Å²) in [6, 6.07) is 105. The summed E-state index contributed by atoms with van der Waals surface area (Å²) in [7, 11) is 0. The summed E-state index contributed by atoms with van der Waals surface area (Å²) in [5.41, 5.74) is 20.2. The molecule has 0 amide bonds. The lowest BCUT2D eigenvalue weighted by molar-refractivity contribution is 0.768. The van der Waals surface area contributed by atoms with E-state index in [1.165, 1.54) is 115 Å². The molecule has 0 atom stereocenters. The quantitative estimate of drug-likeness (QED) is 0.139. The molecule has 0 N–H and O–H groups in total. The molecule has 342 valence electrons. The summed E-state index contributed by atoms with van der Waals surface area (Å²) >= 11 is 1.88. The van der Waals surface area contributed by atoms with Crippen molar-refractivity contribution in [1.82, 2.24) is 0 Å². The van der Waals surface area contributed by atoms with Gasteiger partial charge in [-0.2, -0.15) is 0 Å². The molecule has 12 aromatic carbocycles. The van der Waals surface area contributed by atoms with Gasteiger partial charge in [-0.1, -0.05) is 255 Å². The number of thiophene rings is 1. The van der Waals surface area contributed by atoms with Gasteiger partial charge >= 0.3 is 0 Å². The van der Waals surface area contributed by atoms with E-state index in [-0.39, 0.29) is 0 Å². The molecule has 0 aliphatic heterocycles.